The molecule has 7 nitrogen and oxygen atoms in total. The van der Waals surface area contributed by atoms with Crippen LogP contribution in [0.15, 0.2) is 36.4 Å². The highest BCUT2D eigenvalue weighted by atomic mass is 19.2. The van der Waals surface area contributed by atoms with Gasteiger partial charge < -0.3 is 15.4 Å². The molecular weight excluding hydrogens is 348 g/mol. The lowest BCUT2D eigenvalue weighted by Crippen LogP contribution is -2.86. The first-order chi connectivity index (χ1) is 12.3. The van der Waals surface area contributed by atoms with Crippen LogP contribution in [0.3, 0.4) is 0 Å². The number of nitro benzene ring substituents is 1. The van der Waals surface area contributed by atoms with Gasteiger partial charge in [0.1, 0.15) is 11.8 Å². The Hall–Kier alpha value is -3.07. The number of carbonyl (C=O) groups excluding carboxylic acids is 1. The highest BCUT2D eigenvalue weighted by Gasteiger charge is 2.16. The molecule has 1 amide bonds. The zero-order chi connectivity index (χ0) is 19.3. The molecule has 0 bridgehead atoms. The molecule has 0 fully saturated rings. The smallest absolute Gasteiger partial charge is 0.279 e. The van der Waals surface area contributed by atoms with Crippen molar-refractivity contribution in [1.82, 2.24) is 0 Å². The first-order valence-corrected chi connectivity index (χ1v) is 7.72. The summed E-state index contributed by atoms with van der Waals surface area (Å²) in [5.74, 6) is -2.07. The Kier molecular flexibility index (Phi) is 6.18. The molecule has 0 radical (unpaired) electrons. The van der Waals surface area contributed by atoms with Crippen LogP contribution in [0.2, 0.25) is 0 Å². The quantitative estimate of drug-likeness (QED) is 0.579. The number of halogens is 2. The van der Waals surface area contributed by atoms with E-state index in [0.717, 1.165) is 12.1 Å². The number of carbonyl (C=O) groups is 1. The predicted molar refractivity (Wildman–Crippen MR) is 89.8 cm³/mol. The first-order valence-electron chi connectivity index (χ1n) is 7.72. The second kappa shape index (κ2) is 8.34. The molecule has 0 aliphatic heterocycles. The average molecular weight is 366 g/mol. The minimum absolute atomic E-state index is 0.0142. The first kappa shape index (κ1) is 19.3. The number of non-ortho nitro benzene ring substituents is 1. The van der Waals surface area contributed by atoms with Gasteiger partial charge in [0.15, 0.2) is 18.2 Å². The number of hydrogen-bond acceptors (Lipinski definition) is 4. The summed E-state index contributed by atoms with van der Waals surface area (Å²) in [4.78, 5) is 22.3. The molecule has 0 aliphatic carbocycles. The molecule has 3 N–H and O–H groups in total. The van der Waals surface area contributed by atoms with Gasteiger partial charge in [-0.3, -0.25) is 14.9 Å². The van der Waals surface area contributed by atoms with Crippen molar-refractivity contribution in [2.75, 3.05) is 19.0 Å². The minimum atomic E-state index is -0.942. The molecule has 0 spiro atoms. The number of nitrogens with one attached hydrogen (secondary N) is 1. The molecule has 26 heavy (non-hydrogen) atoms. The Morgan fingerprint density at radius 1 is 1.27 bits per heavy atom. The Labute approximate surface area is 148 Å². The Morgan fingerprint density at radius 3 is 2.62 bits per heavy atom. The fourth-order valence-corrected chi connectivity index (χ4v) is 2.31. The Balaban J connectivity index is 1.98. The van der Waals surface area contributed by atoms with Crippen molar-refractivity contribution in [2.24, 2.45) is 0 Å². The summed E-state index contributed by atoms with van der Waals surface area (Å²) in [7, 11) is 1.34. The van der Waals surface area contributed by atoms with Crippen molar-refractivity contribution in [2.45, 2.75) is 13.0 Å². The molecule has 0 unspecified atom stereocenters. The van der Waals surface area contributed by atoms with E-state index in [2.05, 4.69) is 5.32 Å². The predicted octanol–water partition coefficient (Wildman–Crippen LogP) is 2.14. The van der Waals surface area contributed by atoms with Crippen LogP contribution < -0.4 is 15.4 Å². The van der Waals surface area contributed by atoms with Gasteiger partial charge >= 0.3 is 0 Å². The van der Waals surface area contributed by atoms with Crippen LogP contribution in [-0.4, -0.2) is 24.5 Å². The van der Waals surface area contributed by atoms with Gasteiger partial charge in [-0.1, -0.05) is 0 Å². The Bertz CT molecular complexity index is 830. The highest BCUT2D eigenvalue weighted by Crippen LogP contribution is 2.28. The van der Waals surface area contributed by atoms with Crippen molar-refractivity contribution in [3.63, 3.8) is 0 Å². The average Bonchev–Trinajstić information content (AvgIpc) is 2.62. The molecule has 0 saturated carbocycles. The standard InChI is InChI=1S/C17H17F2N3O4/c1-10(11-3-5-13(18)14(19)7-11)20-9-17(23)21-15-6-4-12(22(24)25)8-16(15)26-2/h3-8,10,20H,9H2,1-2H3,(H,21,23)/p+1/t10-/m1/s1. The number of nitrogens with two attached hydrogens (primary N) is 1. The summed E-state index contributed by atoms with van der Waals surface area (Å²) in [6.45, 7) is 1.77. The number of hydrogen-bond donors (Lipinski definition) is 2. The molecule has 0 aliphatic rings. The zero-order valence-corrected chi connectivity index (χ0v) is 14.2. The van der Waals surface area contributed by atoms with Gasteiger partial charge in [0, 0.05) is 11.6 Å². The molecular formula is C17H18F2N3O4+. The van der Waals surface area contributed by atoms with Gasteiger partial charge in [-0.15, -0.1) is 0 Å². The number of nitro groups is 1. The molecule has 1 atom stereocenters. The summed E-state index contributed by atoms with van der Waals surface area (Å²) >= 11 is 0. The van der Waals surface area contributed by atoms with Crippen molar-refractivity contribution in [3.8, 4) is 5.75 Å². The SMILES string of the molecule is COc1cc([N+](=O)[O-])ccc1NC(=O)C[NH2+][C@H](C)c1ccc(F)c(F)c1. The van der Waals surface area contributed by atoms with E-state index in [0.29, 0.717) is 11.3 Å². The summed E-state index contributed by atoms with van der Waals surface area (Å²) in [5.41, 5.74) is 0.694. The second-order valence-electron chi connectivity index (χ2n) is 5.59. The van der Waals surface area contributed by atoms with Gasteiger partial charge in [0.2, 0.25) is 0 Å². The number of quaternary nitrogens is 1. The fraction of sp³-hybridized carbons (Fsp3) is 0.235. The van der Waals surface area contributed by atoms with Crippen LogP contribution in [0, 0.1) is 21.7 Å². The van der Waals surface area contributed by atoms with Gasteiger partial charge in [0.25, 0.3) is 11.6 Å². The van der Waals surface area contributed by atoms with E-state index in [4.69, 9.17) is 4.74 Å². The number of anilines is 1. The van der Waals surface area contributed by atoms with Gasteiger partial charge in [0.05, 0.1) is 23.8 Å². The van der Waals surface area contributed by atoms with E-state index < -0.39 is 16.6 Å². The third kappa shape index (κ3) is 4.73. The lowest BCUT2D eigenvalue weighted by atomic mass is 10.1. The number of amides is 1. The number of benzene rings is 2. The number of ether oxygens (including phenoxy) is 1. The molecule has 0 heterocycles. The van der Waals surface area contributed by atoms with Crippen LogP contribution in [0.25, 0.3) is 0 Å². The van der Waals surface area contributed by atoms with Crippen molar-refractivity contribution in [3.05, 3.63) is 63.7 Å². The van der Waals surface area contributed by atoms with Crippen LogP contribution in [-0.2, 0) is 4.79 Å². The number of methoxy groups -OCH3 is 1. The van der Waals surface area contributed by atoms with E-state index in [1.54, 1.807) is 12.2 Å². The lowest BCUT2D eigenvalue weighted by molar-refractivity contribution is -0.682. The number of nitrogens with zero attached hydrogens (tertiary/aromatic N) is 1. The lowest BCUT2D eigenvalue weighted by Gasteiger charge is -2.13. The third-order valence-corrected chi connectivity index (χ3v) is 3.80. The van der Waals surface area contributed by atoms with Crippen molar-refractivity contribution in [1.29, 1.82) is 0 Å². The molecule has 2 aromatic carbocycles. The summed E-state index contributed by atoms with van der Waals surface area (Å²) in [6, 6.07) is 7.17. The monoisotopic (exact) mass is 366 g/mol. The van der Waals surface area contributed by atoms with Crippen molar-refractivity contribution < 1.29 is 28.6 Å². The van der Waals surface area contributed by atoms with Crippen LogP contribution in [0.1, 0.15) is 18.5 Å². The van der Waals surface area contributed by atoms with Crippen LogP contribution in [0.5, 0.6) is 5.75 Å². The topological polar surface area (TPSA) is 98.1 Å². The molecule has 2 rings (SSSR count). The van der Waals surface area contributed by atoms with E-state index in [1.807, 2.05) is 0 Å². The largest absolute Gasteiger partial charge is 0.494 e. The van der Waals surface area contributed by atoms with Gasteiger partial charge in [-0.2, -0.15) is 0 Å². The van der Waals surface area contributed by atoms with E-state index in [9.17, 15) is 23.7 Å². The molecule has 0 saturated heterocycles. The number of rotatable bonds is 7. The summed E-state index contributed by atoms with van der Waals surface area (Å²) < 4.78 is 31.3. The van der Waals surface area contributed by atoms with E-state index >= 15 is 0 Å². The summed E-state index contributed by atoms with van der Waals surface area (Å²) in [6.07, 6.45) is 0. The normalized spacial score (nSPS) is 11.7. The Morgan fingerprint density at radius 2 is 2.00 bits per heavy atom. The molecule has 9 heteroatoms. The van der Waals surface area contributed by atoms with Crippen LogP contribution in [0.4, 0.5) is 20.2 Å². The third-order valence-electron chi connectivity index (χ3n) is 3.80. The highest BCUT2D eigenvalue weighted by molar-refractivity contribution is 5.93. The zero-order valence-electron chi connectivity index (χ0n) is 14.2. The molecule has 2 aromatic rings. The minimum Gasteiger partial charge on any atom is -0.494 e. The second-order valence-corrected chi connectivity index (χ2v) is 5.59. The van der Waals surface area contributed by atoms with Gasteiger partial charge in [-0.05, 0) is 31.2 Å². The maximum Gasteiger partial charge on any atom is 0.279 e. The van der Waals surface area contributed by atoms with E-state index in [1.165, 1.54) is 31.4 Å². The van der Waals surface area contributed by atoms with Crippen molar-refractivity contribution >= 4 is 17.3 Å². The van der Waals surface area contributed by atoms with Crippen LogP contribution >= 0.6 is 0 Å². The maximum absolute atomic E-state index is 13.3. The fourth-order valence-electron chi connectivity index (χ4n) is 2.31. The molecule has 0 aromatic heterocycles. The summed E-state index contributed by atoms with van der Waals surface area (Å²) in [5, 5.41) is 15.0. The van der Waals surface area contributed by atoms with E-state index in [-0.39, 0.29) is 29.9 Å². The molecule has 138 valence electrons. The maximum atomic E-state index is 13.3. The van der Waals surface area contributed by atoms with Gasteiger partial charge in [-0.25, -0.2) is 8.78 Å².